The van der Waals surface area contributed by atoms with Gasteiger partial charge in [0.25, 0.3) is 5.91 Å². The number of nitrogens with zero attached hydrogens (tertiary/aromatic N) is 1. The number of aromatic nitrogens is 2. The predicted molar refractivity (Wildman–Crippen MR) is 75.6 cm³/mol. The number of H-pyrrole nitrogens is 1. The van der Waals surface area contributed by atoms with Crippen molar-refractivity contribution in [1.82, 2.24) is 15.5 Å². The Morgan fingerprint density at radius 1 is 1.45 bits per heavy atom. The van der Waals surface area contributed by atoms with Gasteiger partial charge in [-0.1, -0.05) is 20.8 Å². The second-order valence-corrected chi connectivity index (χ2v) is 7.11. The summed E-state index contributed by atoms with van der Waals surface area (Å²) in [5, 5.41) is 10.2. The molecule has 5 heteroatoms. The number of hydrogen-bond acceptors (Lipinski definition) is 3. The molecule has 2 heterocycles. The molecule has 20 heavy (non-hydrogen) atoms. The van der Waals surface area contributed by atoms with Crippen molar-refractivity contribution in [3.05, 3.63) is 17.5 Å². The molecule has 1 aromatic rings. The smallest absolute Gasteiger partial charge is 0.255 e. The molecule has 1 spiro atoms. The maximum atomic E-state index is 12.4. The number of aromatic amines is 1. The first-order chi connectivity index (χ1) is 9.42. The highest BCUT2D eigenvalue weighted by molar-refractivity contribution is 5.95. The minimum absolute atomic E-state index is 0.00274. The lowest BCUT2D eigenvalue weighted by Gasteiger charge is -2.23. The standard InChI is InChI=1S/C15H23N3O2/c1-14(2,3)12-10(9-16-18-12)13(19)17-11-8-15(11)4-6-20-7-5-15/h9,11H,4-8H2,1-3H3,(H,16,18)(H,17,19). The lowest BCUT2D eigenvalue weighted by atomic mass is 9.89. The zero-order valence-corrected chi connectivity index (χ0v) is 12.5. The van der Waals surface area contributed by atoms with Crippen molar-refractivity contribution >= 4 is 5.91 Å². The number of hydrogen-bond donors (Lipinski definition) is 2. The highest BCUT2D eigenvalue weighted by Gasteiger charge is 2.55. The SMILES string of the molecule is CC(C)(C)c1[nH]ncc1C(=O)NC1CC12CCOCC2. The van der Waals surface area contributed by atoms with Gasteiger partial charge in [0.05, 0.1) is 17.5 Å². The summed E-state index contributed by atoms with van der Waals surface area (Å²) in [6.07, 6.45) is 4.85. The first kappa shape index (κ1) is 13.6. The Morgan fingerprint density at radius 2 is 2.15 bits per heavy atom. The molecule has 2 N–H and O–H groups in total. The first-order valence-corrected chi connectivity index (χ1v) is 7.35. The molecule has 2 aliphatic rings. The molecule has 1 aromatic heterocycles. The maximum absolute atomic E-state index is 12.4. The summed E-state index contributed by atoms with van der Waals surface area (Å²) in [5.41, 5.74) is 1.77. The summed E-state index contributed by atoms with van der Waals surface area (Å²) in [7, 11) is 0. The molecule has 1 saturated heterocycles. The summed E-state index contributed by atoms with van der Waals surface area (Å²) in [6.45, 7) is 7.88. The van der Waals surface area contributed by atoms with Crippen molar-refractivity contribution in [3.63, 3.8) is 0 Å². The highest BCUT2D eigenvalue weighted by Crippen LogP contribution is 2.53. The largest absolute Gasteiger partial charge is 0.381 e. The maximum Gasteiger partial charge on any atom is 0.255 e. The first-order valence-electron chi connectivity index (χ1n) is 7.35. The van der Waals surface area contributed by atoms with Crippen LogP contribution >= 0.6 is 0 Å². The van der Waals surface area contributed by atoms with E-state index in [1.54, 1.807) is 6.20 Å². The van der Waals surface area contributed by atoms with Crippen molar-refractivity contribution in [2.75, 3.05) is 13.2 Å². The topological polar surface area (TPSA) is 67.0 Å². The molecule has 1 aliphatic carbocycles. The highest BCUT2D eigenvalue weighted by atomic mass is 16.5. The number of nitrogens with one attached hydrogen (secondary N) is 2. The second-order valence-electron chi connectivity index (χ2n) is 7.11. The van der Waals surface area contributed by atoms with E-state index in [1.807, 2.05) is 0 Å². The molecule has 1 aliphatic heterocycles. The van der Waals surface area contributed by atoms with E-state index in [2.05, 4.69) is 36.3 Å². The van der Waals surface area contributed by atoms with Gasteiger partial charge in [0.1, 0.15) is 0 Å². The van der Waals surface area contributed by atoms with Crippen LogP contribution in [0.15, 0.2) is 6.20 Å². The van der Waals surface area contributed by atoms with Crippen molar-refractivity contribution < 1.29 is 9.53 Å². The molecule has 0 radical (unpaired) electrons. The molecule has 1 amide bonds. The second kappa shape index (κ2) is 4.58. The van der Waals surface area contributed by atoms with Crippen LogP contribution < -0.4 is 5.32 Å². The zero-order valence-electron chi connectivity index (χ0n) is 12.5. The number of carbonyl (C=O) groups is 1. The minimum atomic E-state index is -0.108. The van der Waals surface area contributed by atoms with Gasteiger partial charge in [-0.25, -0.2) is 0 Å². The van der Waals surface area contributed by atoms with Crippen molar-refractivity contribution in [3.8, 4) is 0 Å². The van der Waals surface area contributed by atoms with Gasteiger partial charge in [0.15, 0.2) is 0 Å². The van der Waals surface area contributed by atoms with Crippen LogP contribution in [0.1, 0.15) is 56.1 Å². The Morgan fingerprint density at radius 3 is 2.80 bits per heavy atom. The van der Waals surface area contributed by atoms with E-state index < -0.39 is 0 Å². The van der Waals surface area contributed by atoms with Crippen LogP contribution in [0.5, 0.6) is 0 Å². The van der Waals surface area contributed by atoms with Gasteiger partial charge in [-0.05, 0) is 24.7 Å². The van der Waals surface area contributed by atoms with Gasteiger partial charge >= 0.3 is 0 Å². The fourth-order valence-electron chi connectivity index (χ4n) is 3.15. The Bertz CT molecular complexity index is 509. The van der Waals surface area contributed by atoms with Gasteiger partial charge in [0, 0.05) is 24.7 Å². The van der Waals surface area contributed by atoms with E-state index in [9.17, 15) is 4.79 Å². The summed E-state index contributed by atoms with van der Waals surface area (Å²) >= 11 is 0. The third-order valence-corrected chi connectivity index (χ3v) is 4.62. The molecule has 1 atom stereocenters. The van der Waals surface area contributed by atoms with Gasteiger partial charge < -0.3 is 10.1 Å². The van der Waals surface area contributed by atoms with E-state index in [-0.39, 0.29) is 11.3 Å². The van der Waals surface area contributed by atoms with E-state index in [4.69, 9.17) is 4.74 Å². The van der Waals surface area contributed by atoms with E-state index in [1.165, 1.54) is 0 Å². The number of rotatable bonds is 2. The van der Waals surface area contributed by atoms with E-state index in [0.717, 1.165) is 38.2 Å². The Kier molecular flexibility index (Phi) is 3.12. The number of carbonyl (C=O) groups excluding carboxylic acids is 1. The van der Waals surface area contributed by atoms with Crippen molar-refractivity contribution in [2.45, 2.75) is 51.5 Å². The lowest BCUT2D eigenvalue weighted by molar-refractivity contribution is 0.0535. The van der Waals surface area contributed by atoms with Gasteiger partial charge in [-0.2, -0.15) is 5.10 Å². The van der Waals surface area contributed by atoms with Crippen molar-refractivity contribution in [2.24, 2.45) is 5.41 Å². The molecule has 5 nitrogen and oxygen atoms in total. The summed E-state index contributed by atoms with van der Waals surface area (Å²) in [6, 6.07) is 0.307. The summed E-state index contributed by atoms with van der Waals surface area (Å²) in [4.78, 5) is 12.4. The van der Waals surface area contributed by atoms with Crippen LogP contribution in [0.3, 0.4) is 0 Å². The minimum Gasteiger partial charge on any atom is -0.381 e. The van der Waals surface area contributed by atoms with Crippen molar-refractivity contribution in [1.29, 1.82) is 0 Å². The molecule has 0 aromatic carbocycles. The molecule has 1 saturated carbocycles. The van der Waals surface area contributed by atoms with Crippen LogP contribution in [0.4, 0.5) is 0 Å². The molecular formula is C15H23N3O2. The van der Waals surface area contributed by atoms with E-state index in [0.29, 0.717) is 17.0 Å². The molecule has 0 bridgehead atoms. The fourth-order valence-corrected chi connectivity index (χ4v) is 3.15. The third kappa shape index (κ3) is 2.35. The number of amides is 1. The van der Waals surface area contributed by atoms with Gasteiger partial charge in [-0.3, -0.25) is 9.89 Å². The molecule has 2 fully saturated rings. The third-order valence-electron chi connectivity index (χ3n) is 4.62. The quantitative estimate of drug-likeness (QED) is 0.869. The van der Waals surface area contributed by atoms with Crippen LogP contribution in [0, 0.1) is 5.41 Å². The average molecular weight is 277 g/mol. The van der Waals surface area contributed by atoms with Crippen LogP contribution in [-0.4, -0.2) is 35.4 Å². The molecule has 110 valence electrons. The zero-order chi connectivity index (χ0) is 14.4. The Hall–Kier alpha value is -1.36. The fraction of sp³-hybridized carbons (Fsp3) is 0.733. The van der Waals surface area contributed by atoms with Crippen LogP contribution in [0.2, 0.25) is 0 Å². The molecule has 3 rings (SSSR count). The molecule has 1 unspecified atom stereocenters. The van der Waals surface area contributed by atoms with Crippen LogP contribution in [-0.2, 0) is 10.2 Å². The Labute approximate surface area is 119 Å². The van der Waals surface area contributed by atoms with Crippen LogP contribution in [0.25, 0.3) is 0 Å². The number of ether oxygens (including phenoxy) is 1. The normalized spacial score (nSPS) is 24.6. The molecular weight excluding hydrogens is 254 g/mol. The lowest BCUT2D eigenvalue weighted by Crippen LogP contribution is -2.33. The average Bonchev–Trinajstić information content (AvgIpc) is 2.85. The monoisotopic (exact) mass is 277 g/mol. The Balaban J connectivity index is 1.68. The summed E-state index contributed by atoms with van der Waals surface area (Å²) in [5.74, 6) is -0.00274. The predicted octanol–water partition coefficient (Wildman–Crippen LogP) is 2.01. The summed E-state index contributed by atoms with van der Waals surface area (Å²) < 4.78 is 5.41. The van der Waals surface area contributed by atoms with E-state index >= 15 is 0 Å². The van der Waals surface area contributed by atoms with Gasteiger partial charge in [0.2, 0.25) is 0 Å². The van der Waals surface area contributed by atoms with Gasteiger partial charge in [-0.15, -0.1) is 0 Å².